The Morgan fingerprint density at radius 2 is 1.90 bits per heavy atom. The Balaban J connectivity index is 1.46. The fourth-order valence-corrected chi connectivity index (χ4v) is 5.55. The average Bonchev–Trinajstić information content (AvgIpc) is 3.29. The van der Waals surface area contributed by atoms with Crippen LogP contribution in [0.1, 0.15) is 9.88 Å². The summed E-state index contributed by atoms with van der Waals surface area (Å²) in [5, 5.41) is 4.41. The van der Waals surface area contributed by atoms with E-state index in [0.29, 0.717) is 15.9 Å². The third-order valence-electron chi connectivity index (χ3n) is 5.01. The first-order valence-corrected chi connectivity index (χ1v) is 11.3. The molecule has 3 heterocycles. The summed E-state index contributed by atoms with van der Waals surface area (Å²) in [6.45, 7) is 3.83. The third kappa shape index (κ3) is 3.64. The van der Waals surface area contributed by atoms with Crippen LogP contribution in [-0.2, 0) is 11.3 Å². The number of benzene rings is 2. The second-order valence-corrected chi connectivity index (χ2v) is 9.66. The molecule has 0 aliphatic heterocycles. The highest BCUT2D eigenvalue weighted by Crippen LogP contribution is 2.35. The lowest BCUT2D eigenvalue weighted by molar-refractivity contribution is -0.116. The number of amides is 1. The molecule has 0 bridgehead atoms. The minimum Gasteiger partial charge on any atom is -0.324 e. The summed E-state index contributed by atoms with van der Waals surface area (Å²) in [5.41, 5.74) is 3.24. The number of hydrogen-bond acceptors (Lipinski definition) is 6. The van der Waals surface area contributed by atoms with Crippen LogP contribution in [0.4, 0.5) is 5.69 Å². The molecule has 6 nitrogen and oxygen atoms in total. The molecule has 0 atom stereocenters. The number of rotatable bonds is 4. The summed E-state index contributed by atoms with van der Waals surface area (Å²) < 4.78 is 2.38. The predicted octanol–water partition coefficient (Wildman–Crippen LogP) is 4.99. The molecule has 0 aliphatic carbocycles. The van der Waals surface area contributed by atoms with Crippen molar-refractivity contribution in [2.24, 2.45) is 0 Å². The molecule has 0 aliphatic rings. The van der Waals surface area contributed by atoms with Gasteiger partial charge in [-0.25, -0.2) is 9.97 Å². The van der Waals surface area contributed by atoms with Crippen LogP contribution in [0.25, 0.3) is 31.6 Å². The summed E-state index contributed by atoms with van der Waals surface area (Å²) in [6.07, 6.45) is 1.45. The molecule has 0 unspecified atom stereocenters. The predicted molar refractivity (Wildman–Crippen MR) is 127 cm³/mol. The van der Waals surface area contributed by atoms with E-state index >= 15 is 0 Å². The van der Waals surface area contributed by atoms with Gasteiger partial charge in [0.05, 0.1) is 26.9 Å². The van der Waals surface area contributed by atoms with Crippen LogP contribution >= 0.6 is 22.7 Å². The average molecular weight is 447 g/mol. The van der Waals surface area contributed by atoms with Crippen LogP contribution in [0.15, 0.2) is 59.7 Å². The highest BCUT2D eigenvalue weighted by Gasteiger charge is 2.17. The Kier molecular flexibility index (Phi) is 4.88. The Morgan fingerprint density at radius 1 is 1.10 bits per heavy atom. The summed E-state index contributed by atoms with van der Waals surface area (Å²) in [4.78, 5) is 36.5. The Hall–Kier alpha value is -3.36. The fraction of sp³-hybridized carbons (Fsp3) is 0.130. The highest BCUT2D eigenvalue weighted by molar-refractivity contribution is 7.19. The standard InChI is InChI=1S/C23H18N4O2S2/c1-13-20(15-6-4-3-5-7-15)21-22(30-13)24-12-27(23(21)29)11-19(28)26-16-8-9-17-18(10-16)31-14(2)25-17/h3-10,12H,11H2,1-2H3,(H,26,28). The van der Waals surface area contributed by atoms with Crippen LogP contribution in [0, 0.1) is 13.8 Å². The van der Waals surface area contributed by atoms with Gasteiger partial charge in [-0.15, -0.1) is 22.7 Å². The quantitative estimate of drug-likeness (QED) is 0.422. The number of aromatic nitrogens is 3. The lowest BCUT2D eigenvalue weighted by atomic mass is 10.0. The molecular weight excluding hydrogens is 428 g/mol. The van der Waals surface area contributed by atoms with Crippen LogP contribution in [0.5, 0.6) is 0 Å². The van der Waals surface area contributed by atoms with Gasteiger partial charge in [0.15, 0.2) is 0 Å². The normalized spacial score (nSPS) is 11.3. The summed E-state index contributed by atoms with van der Waals surface area (Å²) in [5.74, 6) is -0.281. The van der Waals surface area contributed by atoms with Gasteiger partial charge in [-0.05, 0) is 37.6 Å². The van der Waals surface area contributed by atoms with E-state index in [2.05, 4.69) is 15.3 Å². The van der Waals surface area contributed by atoms with Crippen molar-refractivity contribution in [2.75, 3.05) is 5.32 Å². The minimum absolute atomic E-state index is 0.106. The number of carbonyl (C=O) groups is 1. The first-order chi connectivity index (χ1) is 15.0. The van der Waals surface area contributed by atoms with E-state index in [0.717, 1.165) is 31.2 Å². The van der Waals surface area contributed by atoms with E-state index in [1.165, 1.54) is 22.2 Å². The maximum atomic E-state index is 13.2. The van der Waals surface area contributed by atoms with Crippen molar-refractivity contribution in [1.82, 2.24) is 14.5 Å². The van der Waals surface area contributed by atoms with Crippen LogP contribution in [-0.4, -0.2) is 20.4 Å². The smallest absolute Gasteiger partial charge is 0.263 e. The maximum absolute atomic E-state index is 13.2. The van der Waals surface area contributed by atoms with E-state index in [9.17, 15) is 9.59 Å². The molecule has 1 amide bonds. The second kappa shape index (κ2) is 7.72. The van der Waals surface area contributed by atoms with E-state index in [1.54, 1.807) is 11.3 Å². The number of anilines is 1. The molecule has 0 fully saturated rings. The van der Waals surface area contributed by atoms with Gasteiger partial charge in [-0.1, -0.05) is 30.3 Å². The van der Waals surface area contributed by atoms with Crippen LogP contribution < -0.4 is 10.9 Å². The van der Waals surface area contributed by atoms with Crippen molar-refractivity contribution >= 4 is 54.7 Å². The molecule has 154 valence electrons. The van der Waals surface area contributed by atoms with Crippen molar-refractivity contribution in [3.63, 3.8) is 0 Å². The van der Waals surface area contributed by atoms with Crippen molar-refractivity contribution < 1.29 is 4.79 Å². The molecular formula is C23H18N4O2S2. The number of hydrogen-bond donors (Lipinski definition) is 1. The molecule has 31 heavy (non-hydrogen) atoms. The largest absolute Gasteiger partial charge is 0.324 e. The van der Waals surface area contributed by atoms with Gasteiger partial charge in [0.25, 0.3) is 5.56 Å². The van der Waals surface area contributed by atoms with Gasteiger partial charge >= 0.3 is 0 Å². The number of carbonyl (C=O) groups excluding carboxylic acids is 1. The van der Waals surface area contributed by atoms with Gasteiger partial charge in [0, 0.05) is 16.1 Å². The molecule has 5 aromatic rings. The number of thiazole rings is 1. The Morgan fingerprint density at radius 3 is 2.71 bits per heavy atom. The molecule has 0 spiro atoms. The molecule has 1 N–H and O–H groups in total. The molecule has 0 saturated heterocycles. The summed E-state index contributed by atoms with van der Waals surface area (Å²) >= 11 is 3.07. The van der Waals surface area contributed by atoms with Crippen molar-refractivity contribution in [1.29, 1.82) is 0 Å². The van der Waals surface area contributed by atoms with Crippen LogP contribution in [0.3, 0.4) is 0 Å². The zero-order valence-electron chi connectivity index (χ0n) is 16.9. The lowest BCUT2D eigenvalue weighted by Gasteiger charge is -2.08. The monoisotopic (exact) mass is 446 g/mol. The molecule has 2 aromatic carbocycles. The fourth-order valence-electron chi connectivity index (χ4n) is 3.68. The molecule has 5 rings (SSSR count). The second-order valence-electron chi connectivity index (χ2n) is 7.22. The summed E-state index contributed by atoms with van der Waals surface area (Å²) in [6, 6.07) is 15.4. The van der Waals surface area contributed by atoms with Crippen molar-refractivity contribution in [2.45, 2.75) is 20.4 Å². The van der Waals surface area contributed by atoms with Gasteiger partial charge in [-0.2, -0.15) is 0 Å². The van der Waals surface area contributed by atoms with E-state index < -0.39 is 0 Å². The third-order valence-corrected chi connectivity index (χ3v) is 6.96. The number of nitrogens with zero attached hydrogens (tertiary/aromatic N) is 3. The van der Waals surface area contributed by atoms with E-state index in [4.69, 9.17) is 0 Å². The van der Waals surface area contributed by atoms with Gasteiger partial charge in [0.1, 0.15) is 11.4 Å². The number of aryl methyl sites for hydroxylation is 2. The maximum Gasteiger partial charge on any atom is 0.263 e. The number of thiophene rings is 1. The van der Waals surface area contributed by atoms with Crippen molar-refractivity contribution in [3.05, 3.63) is 75.1 Å². The Bertz CT molecular complexity index is 1500. The lowest BCUT2D eigenvalue weighted by Crippen LogP contribution is -2.27. The first-order valence-electron chi connectivity index (χ1n) is 9.70. The highest BCUT2D eigenvalue weighted by atomic mass is 32.1. The van der Waals surface area contributed by atoms with Crippen LogP contribution in [0.2, 0.25) is 0 Å². The zero-order valence-corrected chi connectivity index (χ0v) is 18.5. The molecule has 8 heteroatoms. The summed E-state index contributed by atoms with van der Waals surface area (Å²) in [7, 11) is 0. The molecule has 0 radical (unpaired) electrons. The first kappa shape index (κ1) is 19.6. The number of nitrogens with one attached hydrogen (secondary N) is 1. The topological polar surface area (TPSA) is 76.9 Å². The van der Waals surface area contributed by atoms with Gasteiger partial charge in [0.2, 0.25) is 5.91 Å². The Labute approximate surface area is 185 Å². The number of fused-ring (bicyclic) bond motifs is 2. The minimum atomic E-state index is -0.281. The zero-order chi connectivity index (χ0) is 21.5. The van der Waals surface area contributed by atoms with E-state index in [1.807, 2.05) is 62.4 Å². The van der Waals surface area contributed by atoms with E-state index in [-0.39, 0.29) is 18.0 Å². The molecule has 0 saturated carbocycles. The van der Waals surface area contributed by atoms with Gasteiger partial charge in [-0.3, -0.25) is 14.2 Å². The van der Waals surface area contributed by atoms with Gasteiger partial charge < -0.3 is 5.32 Å². The van der Waals surface area contributed by atoms with Crippen molar-refractivity contribution in [3.8, 4) is 11.1 Å². The molecule has 3 aromatic heterocycles. The SMILES string of the molecule is Cc1nc2ccc(NC(=O)Cn3cnc4sc(C)c(-c5ccccc5)c4c3=O)cc2s1.